The zero-order valence-electron chi connectivity index (χ0n) is 12.5. The molecule has 0 spiro atoms. The normalized spacial score (nSPS) is 12.4. The van der Waals surface area contributed by atoms with Crippen molar-refractivity contribution in [3.63, 3.8) is 0 Å². The van der Waals surface area contributed by atoms with Gasteiger partial charge in [0.05, 0.1) is 18.1 Å². The topological polar surface area (TPSA) is 56.7 Å². The monoisotopic (exact) mass is 352 g/mol. The Balaban J connectivity index is 2.22. The van der Waals surface area contributed by atoms with E-state index in [2.05, 4.69) is 10.1 Å². The molecule has 0 aliphatic rings. The molecule has 2 aromatic heterocycles. The Labute approximate surface area is 140 Å². The molecule has 0 aliphatic carbocycles. The van der Waals surface area contributed by atoms with Gasteiger partial charge < -0.3 is 5.73 Å². The van der Waals surface area contributed by atoms with Gasteiger partial charge in [-0.25, -0.2) is 17.9 Å². The highest BCUT2D eigenvalue weighted by Gasteiger charge is 2.18. The van der Waals surface area contributed by atoms with Crippen molar-refractivity contribution in [2.75, 3.05) is 0 Å². The summed E-state index contributed by atoms with van der Waals surface area (Å²) < 4.78 is 42.8. The summed E-state index contributed by atoms with van der Waals surface area (Å²) >= 11 is 5.91. The van der Waals surface area contributed by atoms with Crippen molar-refractivity contribution in [3.05, 3.63) is 65.0 Å². The lowest BCUT2D eigenvalue weighted by Gasteiger charge is -2.13. The van der Waals surface area contributed by atoms with Crippen LogP contribution in [-0.2, 0) is 0 Å². The standard InChI is InChI=1S/C16H12ClF3N4/c1-8(21)15-13(19)2-9(5-22-15)12-3-10(17)4-14(20)16(12)24-7-11(18)6-23-24/h2-8H,21H2,1H3/t8-/m1/s1. The van der Waals surface area contributed by atoms with Gasteiger partial charge in [0.2, 0.25) is 0 Å². The van der Waals surface area contributed by atoms with Gasteiger partial charge in [-0.15, -0.1) is 0 Å². The molecule has 1 aromatic carbocycles. The lowest BCUT2D eigenvalue weighted by atomic mass is 10.0. The number of nitrogens with two attached hydrogens (primary N) is 1. The molecule has 4 nitrogen and oxygen atoms in total. The van der Waals surface area contributed by atoms with Crippen LogP contribution in [0.25, 0.3) is 16.8 Å². The van der Waals surface area contributed by atoms with E-state index in [1.54, 1.807) is 6.92 Å². The maximum Gasteiger partial charge on any atom is 0.161 e. The highest BCUT2D eigenvalue weighted by atomic mass is 35.5. The number of hydrogen-bond acceptors (Lipinski definition) is 3. The fourth-order valence-corrected chi connectivity index (χ4v) is 2.58. The van der Waals surface area contributed by atoms with E-state index in [4.69, 9.17) is 17.3 Å². The molecule has 3 rings (SSSR count). The van der Waals surface area contributed by atoms with Crippen LogP contribution in [-0.4, -0.2) is 14.8 Å². The molecule has 1 atom stereocenters. The molecular weight excluding hydrogens is 341 g/mol. The molecule has 0 aliphatic heterocycles. The highest BCUT2D eigenvalue weighted by Crippen LogP contribution is 2.32. The second kappa shape index (κ2) is 6.26. The predicted octanol–water partition coefficient (Wildman–Crippen LogP) is 4.02. The van der Waals surface area contributed by atoms with Crippen molar-refractivity contribution in [1.29, 1.82) is 0 Å². The summed E-state index contributed by atoms with van der Waals surface area (Å²) in [6, 6.07) is 3.09. The molecule has 0 radical (unpaired) electrons. The molecule has 0 bridgehead atoms. The van der Waals surface area contributed by atoms with E-state index in [0.29, 0.717) is 0 Å². The summed E-state index contributed by atoms with van der Waals surface area (Å²) in [6.45, 7) is 1.60. The minimum Gasteiger partial charge on any atom is -0.323 e. The Morgan fingerprint density at radius 1 is 1.12 bits per heavy atom. The molecule has 0 fully saturated rings. The Hall–Kier alpha value is -2.38. The Kier molecular flexibility index (Phi) is 4.29. The summed E-state index contributed by atoms with van der Waals surface area (Å²) in [5.74, 6) is -1.98. The van der Waals surface area contributed by atoms with Gasteiger partial charge in [0.15, 0.2) is 11.6 Å². The Morgan fingerprint density at radius 3 is 2.46 bits per heavy atom. The largest absolute Gasteiger partial charge is 0.323 e. The average molecular weight is 353 g/mol. The molecular formula is C16H12ClF3N4. The zero-order chi connectivity index (χ0) is 17.4. The van der Waals surface area contributed by atoms with Crippen molar-refractivity contribution in [1.82, 2.24) is 14.8 Å². The van der Waals surface area contributed by atoms with Gasteiger partial charge in [-0.05, 0) is 25.1 Å². The number of nitrogens with zero attached hydrogens (tertiary/aromatic N) is 3. The molecule has 2 heterocycles. The lowest BCUT2D eigenvalue weighted by Crippen LogP contribution is -2.10. The molecule has 0 saturated heterocycles. The molecule has 2 N–H and O–H groups in total. The first-order chi connectivity index (χ1) is 11.4. The third-order valence-corrected chi connectivity index (χ3v) is 3.64. The fourth-order valence-electron chi connectivity index (χ4n) is 2.37. The Bertz CT molecular complexity index is 908. The van der Waals surface area contributed by atoms with Crippen LogP contribution in [0.5, 0.6) is 0 Å². The van der Waals surface area contributed by atoms with Gasteiger partial charge in [-0.3, -0.25) is 4.98 Å². The second-order valence-electron chi connectivity index (χ2n) is 5.27. The Morgan fingerprint density at radius 2 is 1.88 bits per heavy atom. The number of benzene rings is 1. The van der Waals surface area contributed by atoms with Crippen LogP contribution in [0.4, 0.5) is 13.2 Å². The van der Waals surface area contributed by atoms with E-state index >= 15 is 0 Å². The third kappa shape index (κ3) is 3.00. The van der Waals surface area contributed by atoms with Gasteiger partial charge in [0, 0.05) is 28.4 Å². The summed E-state index contributed by atoms with van der Waals surface area (Å²) in [5, 5.41) is 3.86. The number of hydrogen-bond donors (Lipinski definition) is 1. The van der Waals surface area contributed by atoms with Crippen molar-refractivity contribution in [3.8, 4) is 16.8 Å². The van der Waals surface area contributed by atoms with E-state index in [1.165, 1.54) is 18.3 Å². The molecule has 8 heteroatoms. The summed E-state index contributed by atoms with van der Waals surface area (Å²) in [7, 11) is 0. The van der Waals surface area contributed by atoms with Crippen molar-refractivity contribution >= 4 is 11.6 Å². The van der Waals surface area contributed by atoms with Crippen molar-refractivity contribution < 1.29 is 13.2 Å². The molecule has 0 unspecified atom stereocenters. The highest BCUT2D eigenvalue weighted by molar-refractivity contribution is 6.31. The SMILES string of the molecule is C[C@@H](N)c1ncc(-c2cc(Cl)cc(F)c2-n2cc(F)cn2)cc1F. The quantitative estimate of drug-likeness (QED) is 0.774. The average Bonchev–Trinajstić information content (AvgIpc) is 2.92. The summed E-state index contributed by atoms with van der Waals surface area (Å²) in [4.78, 5) is 3.98. The first kappa shape index (κ1) is 16.5. The summed E-state index contributed by atoms with van der Waals surface area (Å²) in [5.41, 5.74) is 6.16. The van der Waals surface area contributed by atoms with Gasteiger partial charge in [-0.2, -0.15) is 5.10 Å². The van der Waals surface area contributed by atoms with Gasteiger partial charge in [0.1, 0.15) is 11.5 Å². The number of rotatable bonds is 3. The minimum absolute atomic E-state index is 0.0574. The van der Waals surface area contributed by atoms with Gasteiger partial charge >= 0.3 is 0 Å². The van der Waals surface area contributed by atoms with Crippen LogP contribution in [0.15, 0.2) is 36.8 Å². The van der Waals surface area contributed by atoms with Crippen molar-refractivity contribution in [2.45, 2.75) is 13.0 Å². The maximum atomic E-state index is 14.4. The third-order valence-electron chi connectivity index (χ3n) is 3.42. The smallest absolute Gasteiger partial charge is 0.161 e. The van der Waals surface area contributed by atoms with Crippen LogP contribution in [0.1, 0.15) is 18.7 Å². The number of halogens is 4. The van der Waals surface area contributed by atoms with E-state index in [0.717, 1.165) is 23.1 Å². The first-order valence-corrected chi connectivity index (χ1v) is 7.35. The van der Waals surface area contributed by atoms with Gasteiger partial charge in [-0.1, -0.05) is 11.6 Å². The van der Waals surface area contributed by atoms with Crippen LogP contribution in [0, 0.1) is 17.5 Å². The van der Waals surface area contributed by atoms with E-state index in [-0.39, 0.29) is 27.5 Å². The molecule has 3 aromatic rings. The van der Waals surface area contributed by atoms with E-state index in [1.807, 2.05) is 0 Å². The second-order valence-corrected chi connectivity index (χ2v) is 5.70. The molecule has 0 amide bonds. The van der Waals surface area contributed by atoms with Crippen LogP contribution in [0.3, 0.4) is 0 Å². The van der Waals surface area contributed by atoms with Crippen molar-refractivity contribution in [2.24, 2.45) is 5.73 Å². The van der Waals surface area contributed by atoms with E-state index in [9.17, 15) is 13.2 Å². The summed E-state index contributed by atoms with van der Waals surface area (Å²) in [6.07, 6.45) is 3.31. The number of pyridine rings is 1. The molecule has 124 valence electrons. The lowest BCUT2D eigenvalue weighted by molar-refractivity contribution is 0.579. The van der Waals surface area contributed by atoms with Crippen LogP contribution >= 0.6 is 11.6 Å². The molecule has 0 saturated carbocycles. The zero-order valence-corrected chi connectivity index (χ0v) is 13.2. The van der Waals surface area contributed by atoms with Gasteiger partial charge in [0.25, 0.3) is 0 Å². The fraction of sp³-hybridized carbons (Fsp3) is 0.125. The molecule has 24 heavy (non-hydrogen) atoms. The predicted molar refractivity (Wildman–Crippen MR) is 84.3 cm³/mol. The van der Waals surface area contributed by atoms with Crippen LogP contribution < -0.4 is 5.73 Å². The first-order valence-electron chi connectivity index (χ1n) is 6.98. The number of aromatic nitrogens is 3. The van der Waals surface area contributed by atoms with E-state index < -0.39 is 23.5 Å². The van der Waals surface area contributed by atoms with Crippen LogP contribution in [0.2, 0.25) is 5.02 Å². The maximum absolute atomic E-state index is 14.4. The minimum atomic E-state index is -0.725.